The van der Waals surface area contributed by atoms with E-state index in [9.17, 15) is 0 Å². The molecule has 2 aromatic rings. The fourth-order valence-electron chi connectivity index (χ4n) is 4.66. The Hall–Kier alpha value is -3.23. The number of hydrogen-bond acceptors (Lipinski definition) is 8. The van der Waals surface area contributed by atoms with Gasteiger partial charge in [0.25, 0.3) is 0 Å². The molecule has 0 spiro atoms. The van der Waals surface area contributed by atoms with E-state index in [4.69, 9.17) is 46.9 Å². The predicted molar refractivity (Wildman–Crippen MR) is 150 cm³/mol. The van der Waals surface area contributed by atoms with Gasteiger partial charge in [-0.25, -0.2) is 9.98 Å². The first kappa shape index (κ1) is 26.4. The van der Waals surface area contributed by atoms with Crippen molar-refractivity contribution in [3.63, 3.8) is 0 Å². The molecule has 3 aliphatic heterocycles. The predicted octanol–water partition coefficient (Wildman–Crippen LogP) is 5.59. The highest BCUT2D eigenvalue weighted by atomic mass is 35.5. The van der Waals surface area contributed by atoms with Crippen molar-refractivity contribution in [2.24, 2.45) is 15.0 Å². The quantitative estimate of drug-likeness (QED) is 0.355. The third-order valence-corrected chi connectivity index (χ3v) is 6.90. The van der Waals surface area contributed by atoms with Crippen molar-refractivity contribution in [3.05, 3.63) is 62.6 Å². The largest absolute Gasteiger partial charge is 0.494 e. The highest BCUT2D eigenvalue weighted by Gasteiger charge is 2.24. The van der Waals surface area contributed by atoms with Gasteiger partial charge >= 0.3 is 0 Å². The van der Waals surface area contributed by atoms with Gasteiger partial charge in [-0.1, -0.05) is 29.3 Å². The van der Waals surface area contributed by atoms with E-state index in [1.54, 1.807) is 14.2 Å². The van der Waals surface area contributed by atoms with Crippen molar-refractivity contribution in [1.82, 2.24) is 0 Å². The SMILES string of the molecule is COc1c(Cl)cc(C(=CCCCC2=NCCO2)c2cc(Cl)c(OC)c(C3=NCCO3)c2)cc1C1=NCCO1. The summed E-state index contributed by atoms with van der Waals surface area (Å²) in [5, 5.41) is 0.919. The Balaban J connectivity index is 1.59. The minimum atomic E-state index is 0.459. The lowest BCUT2D eigenvalue weighted by atomic mass is 9.93. The molecule has 3 heterocycles. The Morgan fingerprint density at radius 3 is 1.76 bits per heavy atom. The molecule has 0 radical (unpaired) electrons. The zero-order valence-electron chi connectivity index (χ0n) is 21.4. The number of unbranched alkanes of at least 4 members (excludes halogenated alkanes) is 1. The van der Waals surface area contributed by atoms with Crippen LogP contribution in [0, 0.1) is 0 Å². The van der Waals surface area contributed by atoms with Gasteiger partial charge in [0.2, 0.25) is 11.8 Å². The summed E-state index contributed by atoms with van der Waals surface area (Å²) in [6, 6.07) is 7.76. The van der Waals surface area contributed by atoms with Crippen molar-refractivity contribution >= 4 is 46.5 Å². The number of ether oxygens (including phenoxy) is 5. The van der Waals surface area contributed by atoms with E-state index >= 15 is 0 Å². The van der Waals surface area contributed by atoms with Crippen LogP contribution < -0.4 is 9.47 Å². The molecular formula is C28H29Cl2N3O5. The second kappa shape index (κ2) is 12.1. The lowest BCUT2D eigenvalue weighted by Crippen LogP contribution is -2.07. The highest BCUT2D eigenvalue weighted by Crippen LogP contribution is 2.39. The third kappa shape index (κ3) is 5.61. The minimum absolute atomic E-state index is 0.459. The van der Waals surface area contributed by atoms with Crippen molar-refractivity contribution in [2.45, 2.75) is 19.3 Å². The molecule has 0 aromatic heterocycles. The van der Waals surface area contributed by atoms with Crippen LogP contribution in [0.5, 0.6) is 11.5 Å². The number of rotatable bonds is 10. The Bertz CT molecular complexity index is 1250. The fourth-order valence-corrected chi connectivity index (χ4v) is 5.25. The number of methoxy groups -OCH3 is 2. The summed E-state index contributed by atoms with van der Waals surface area (Å²) >= 11 is 13.5. The average Bonchev–Trinajstić information content (AvgIpc) is 3.71. The van der Waals surface area contributed by atoms with Crippen LogP contribution in [0.15, 0.2) is 45.3 Å². The molecule has 0 amide bonds. The zero-order chi connectivity index (χ0) is 26.5. The molecule has 0 atom stereocenters. The molecule has 5 rings (SSSR count). The number of nitrogens with zero attached hydrogens (tertiary/aromatic N) is 3. The lowest BCUT2D eigenvalue weighted by molar-refractivity contribution is 0.337. The second-order valence-electron chi connectivity index (χ2n) is 8.78. The van der Waals surface area contributed by atoms with Gasteiger partial charge in [0.05, 0.1) is 55.0 Å². The van der Waals surface area contributed by atoms with Gasteiger partial charge in [-0.3, -0.25) is 4.99 Å². The van der Waals surface area contributed by atoms with Crippen LogP contribution in [-0.2, 0) is 14.2 Å². The average molecular weight is 558 g/mol. The molecule has 0 saturated carbocycles. The van der Waals surface area contributed by atoms with Crippen LogP contribution in [0.25, 0.3) is 5.57 Å². The van der Waals surface area contributed by atoms with E-state index in [2.05, 4.69) is 21.1 Å². The number of allylic oxidation sites excluding steroid dienone is 1. The van der Waals surface area contributed by atoms with Gasteiger partial charge in [0, 0.05) is 6.42 Å². The van der Waals surface area contributed by atoms with E-state index in [0.29, 0.717) is 77.4 Å². The van der Waals surface area contributed by atoms with Gasteiger partial charge in [0.15, 0.2) is 5.90 Å². The Kier molecular flexibility index (Phi) is 8.39. The lowest BCUT2D eigenvalue weighted by Gasteiger charge is -2.18. The Morgan fingerprint density at radius 2 is 1.32 bits per heavy atom. The first-order chi connectivity index (χ1) is 18.6. The van der Waals surface area contributed by atoms with Crippen LogP contribution in [0.4, 0.5) is 0 Å². The molecule has 0 fully saturated rings. The van der Waals surface area contributed by atoms with Gasteiger partial charge in [-0.2, -0.15) is 0 Å². The van der Waals surface area contributed by atoms with E-state index in [1.165, 1.54) is 0 Å². The van der Waals surface area contributed by atoms with Gasteiger partial charge in [-0.15, -0.1) is 0 Å². The number of benzene rings is 2. The summed E-state index contributed by atoms with van der Waals surface area (Å²) in [4.78, 5) is 13.4. The zero-order valence-corrected chi connectivity index (χ0v) is 22.9. The van der Waals surface area contributed by atoms with Crippen molar-refractivity contribution in [1.29, 1.82) is 0 Å². The molecule has 8 nitrogen and oxygen atoms in total. The fraction of sp³-hybridized carbons (Fsp3) is 0.393. The molecule has 10 heteroatoms. The van der Waals surface area contributed by atoms with Gasteiger partial charge in [-0.05, 0) is 53.8 Å². The molecule has 3 aliphatic rings. The van der Waals surface area contributed by atoms with Crippen molar-refractivity contribution in [2.75, 3.05) is 53.7 Å². The van der Waals surface area contributed by atoms with Crippen LogP contribution in [0.1, 0.15) is 41.5 Å². The second-order valence-corrected chi connectivity index (χ2v) is 9.60. The van der Waals surface area contributed by atoms with E-state index < -0.39 is 0 Å². The monoisotopic (exact) mass is 557 g/mol. The van der Waals surface area contributed by atoms with Crippen LogP contribution in [0.2, 0.25) is 10.0 Å². The Labute approximate surface area is 231 Å². The maximum atomic E-state index is 6.73. The molecule has 200 valence electrons. The van der Waals surface area contributed by atoms with Gasteiger partial charge < -0.3 is 23.7 Å². The number of hydrogen-bond donors (Lipinski definition) is 0. The molecular weight excluding hydrogens is 529 g/mol. The molecule has 0 saturated heterocycles. The van der Waals surface area contributed by atoms with E-state index in [1.807, 2.05) is 24.3 Å². The van der Waals surface area contributed by atoms with Crippen LogP contribution in [-0.4, -0.2) is 71.4 Å². The van der Waals surface area contributed by atoms with Crippen LogP contribution >= 0.6 is 23.2 Å². The third-order valence-electron chi connectivity index (χ3n) is 6.34. The first-order valence-electron chi connectivity index (χ1n) is 12.6. The minimum Gasteiger partial charge on any atom is -0.494 e. The Morgan fingerprint density at radius 1 is 0.789 bits per heavy atom. The smallest absolute Gasteiger partial charge is 0.220 e. The summed E-state index contributed by atoms with van der Waals surface area (Å²) in [5.41, 5.74) is 4.10. The summed E-state index contributed by atoms with van der Waals surface area (Å²) in [6.07, 6.45) is 4.61. The number of aliphatic imine (C=N–C) groups is 3. The highest BCUT2D eigenvalue weighted by molar-refractivity contribution is 6.33. The maximum Gasteiger partial charge on any atom is 0.220 e. The van der Waals surface area contributed by atoms with E-state index in [-0.39, 0.29) is 0 Å². The molecule has 0 unspecified atom stereocenters. The molecule has 0 bridgehead atoms. The summed E-state index contributed by atoms with van der Waals surface area (Å²) in [7, 11) is 3.17. The van der Waals surface area contributed by atoms with Crippen LogP contribution in [0.3, 0.4) is 0 Å². The summed E-state index contributed by atoms with van der Waals surface area (Å²) in [5.74, 6) is 2.90. The maximum absolute atomic E-state index is 6.73. The molecule has 2 aromatic carbocycles. The first-order valence-corrected chi connectivity index (χ1v) is 13.3. The van der Waals surface area contributed by atoms with Gasteiger partial charge in [0.1, 0.15) is 31.3 Å². The van der Waals surface area contributed by atoms with Crippen molar-refractivity contribution in [3.8, 4) is 11.5 Å². The summed E-state index contributed by atoms with van der Waals surface area (Å²) in [6.45, 7) is 3.62. The van der Waals surface area contributed by atoms with E-state index in [0.717, 1.165) is 48.4 Å². The topological polar surface area (TPSA) is 83.2 Å². The molecule has 0 N–H and O–H groups in total. The normalized spacial score (nSPS) is 16.2. The summed E-state index contributed by atoms with van der Waals surface area (Å²) < 4.78 is 28.3. The standard InChI is InChI=1S/C28H29Cl2N3O5/c1-34-25-20(27-32-8-11-37-27)13-17(15-22(25)29)19(5-3-4-6-24-31-7-10-36-24)18-14-21(28-33-9-12-38-28)26(35-2)23(30)16-18/h5,13-16H,3-4,6-12H2,1-2H3. The molecule has 0 aliphatic carbocycles. The molecule has 38 heavy (non-hydrogen) atoms. The number of halogens is 2. The van der Waals surface area contributed by atoms with Crippen molar-refractivity contribution < 1.29 is 23.7 Å².